The van der Waals surface area contributed by atoms with E-state index in [-0.39, 0.29) is 29.9 Å². The van der Waals surface area contributed by atoms with E-state index in [0.29, 0.717) is 43.5 Å². The summed E-state index contributed by atoms with van der Waals surface area (Å²) in [5.41, 5.74) is 6.21. The average molecular weight is 422 g/mol. The maximum absolute atomic E-state index is 11.8. The van der Waals surface area contributed by atoms with E-state index in [4.69, 9.17) is 15.2 Å². The summed E-state index contributed by atoms with van der Waals surface area (Å²) >= 11 is 0. The molecule has 1 aromatic carbocycles. The maximum Gasteiger partial charge on any atom is 0.251 e. The lowest BCUT2D eigenvalue weighted by molar-refractivity contribution is 0.0954. The molecule has 1 amide bonds. The minimum Gasteiger partial charge on any atom is -0.497 e. The molecular weight excluding hydrogens is 399 g/mol. The normalized spacial score (nSPS) is 10.5. The number of carbonyl (C=O) groups excluding carboxylic acids is 1. The maximum atomic E-state index is 11.8. The van der Waals surface area contributed by atoms with E-state index in [2.05, 4.69) is 15.6 Å². The number of amides is 1. The van der Waals surface area contributed by atoms with Gasteiger partial charge >= 0.3 is 0 Å². The van der Waals surface area contributed by atoms with Crippen LogP contribution in [0.3, 0.4) is 0 Å². The molecule has 0 heterocycles. The number of halogens is 1. The first kappa shape index (κ1) is 20.5. The summed E-state index contributed by atoms with van der Waals surface area (Å²) in [6.07, 6.45) is 0. The highest BCUT2D eigenvalue weighted by molar-refractivity contribution is 14.0. The molecule has 0 aliphatic carbocycles. The Labute approximate surface area is 147 Å². The second kappa shape index (κ2) is 12.0. The van der Waals surface area contributed by atoms with Gasteiger partial charge in [0, 0.05) is 25.8 Å². The fraction of sp³-hybridized carbons (Fsp3) is 0.429. The molecule has 0 aliphatic rings. The Kier molecular flexibility index (Phi) is 11.2. The van der Waals surface area contributed by atoms with E-state index in [9.17, 15) is 4.79 Å². The Hall–Kier alpha value is -1.55. The summed E-state index contributed by atoms with van der Waals surface area (Å²) in [6.45, 7) is 1.99. The quantitative estimate of drug-likeness (QED) is 0.247. The average Bonchev–Trinajstić information content (AvgIpc) is 2.51. The van der Waals surface area contributed by atoms with E-state index in [1.807, 2.05) is 0 Å². The summed E-state index contributed by atoms with van der Waals surface area (Å²) in [4.78, 5) is 15.9. The van der Waals surface area contributed by atoms with Crippen LogP contribution in [0.2, 0.25) is 0 Å². The van der Waals surface area contributed by atoms with Crippen LogP contribution in [0.4, 0.5) is 0 Å². The lowest BCUT2D eigenvalue weighted by Gasteiger charge is -2.08. The second-order valence-electron chi connectivity index (χ2n) is 4.17. The molecule has 0 spiro atoms. The van der Waals surface area contributed by atoms with Gasteiger partial charge in [0.05, 0.1) is 20.3 Å². The molecule has 0 unspecified atom stereocenters. The predicted octanol–water partition coefficient (Wildman–Crippen LogP) is 0.594. The predicted molar refractivity (Wildman–Crippen MR) is 97.1 cm³/mol. The van der Waals surface area contributed by atoms with Crippen LogP contribution < -0.4 is 21.1 Å². The van der Waals surface area contributed by atoms with Crippen LogP contribution in [0.15, 0.2) is 29.3 Å². The molecule has 0 atom stereocenters. The highest BCUT2D eigenvalue weighted by atomic mass is 127. The minimum atomic E-state index is -0.144. The van der Waals surface area contributed by atoms with Gasteiger partial charge in [0.15, 0.2) is 5.96 Å². The van der Waals surface area contributed by atoms with Crippen LogP contribution in [0, 0.1) is 0 Å². The molecule has 0 fully saturated rings. The van der Waals surface area contributed by atoms with Crippen LogP contribution in [-0.2, 0) is 4.74 Å². The summed E-state index contributed by atoms with van der Waals surface area (Å²) in [7, 11) is 3.19. The van der Waals surface area contributed by atoms with Crippen molar-refractivity contribution >= 4 is 35.8 Å². The third kappa shape index (κ3) is 8.03. The highest BCUT2D eigenvalue weighted by Gasteiger charge is 2.04. The molecule has 124 valence electrons. The van der Waals surface area contributed by atoms with Gasteiger partial charge in [-0.25, -0.2) is 0 Å². The zero-order chi connectivity index (χ0) is 15.5. The smallest absolute Gasteiger partial charge is 0.251 e. The number of carbonyl (C=O) groups is 1. The van der Waals surface area contributed by atoms with E-state index >= 15 is 0 Å². The number of hydrogen-bond acceptors (Lipinski definition) is 4. The van der Waals surface area contributed by atoms with Crippen molar-refractivity contribution in [3.8, 4) is 5.75 Å². The molecular formula is C14H23IN4O3. The Morgan fingerprint density at radius 1 is 1.18 bits per heavy atom. The first-order valence-corrected chi connectivity index (χ1v) is 6.62. The number of nitrogens with zero attached hydrogens (tertiary/aromatic N) is 1. The molecule has 1 aromatic rings. The molecule has 0 saturated carbocycles. The van der Waals surface area contributed by atoms with Crippen molar-refractivity contribution in [1.29, 1.82) is 0 Å². The number of nitrogens with two attached hydrogens (primary N) is 1. The number of methoxy groups -OCH3 is 2. The largest absolute Gasteiger partial charge is 0.497 e. The number of nitrogens with one attached hydrogen (secondary N) is 2. The number of guanidine groups is 1. The standard InChI is InChI=1S/C14H22N4O3.HI/c1-20-10-9-18-14(15)17-8-7-16-13(19)11-3-5-12(21-2)6-4-11;/h3-6H,7-10H2,1-2H3,(H,16,19)(H3,15,17,18);1H. The van der Waals surface area contributed by atoms with Crippen LogP contribution in [0.1, 0.15) is 10.4 Å². The number of aliphatic imine (C=N–C) groups is 1. The summed E-state index contributed by atoms with van der Waals surface area (Å²) in [6, 6.07) is 6.91. The van der Waals surface area contributed by atoms with Crippen molar-refractivity contribution in [1.82, 2.24) is 10.6 Å². The van der Waals surface area contributed by atoms with Gasteiger partial charge in [-0.2, -0.15) is 0 Å². The Morgan fingerprint density at radius 3 is 2.41 bits per heavy atom. The van der Waals surface area contributed by atoms with Gasteiger partial charge in [-0.15, -0.1) is 24.0 Å². The van der Waals surface area contributed by atoms with Crippen molar-refractivity contribution in [3.05, 3.63) is 29.8 Å². The van der Waals surface area contributed by atoms with Crippen molar-refractivity contribution < 1.29 is 14.3 Å². The van der Waals surface area contributed by atoms with Crippen LogP contribution in [-0.4, -0.2) is 52.3 Å². The third-order valence-electron chi connectivity index (χ3n) is 2.65. The lowest BCUT2D eigenvalue weighted by atomic mass is 10.2. The minimum absolute atomic E-state index is 0. The SMILES string of the molecule is COCCN=C(N)NCCNC(=O)c1ccc(OC)cc1.I. The summed E-state index contributed by atoms with van der Waals surface area (Å²) in [5, 5.41) is 5.69. The second-order valence-corrected chi connectivity index (χ2v) is 4.17. The molecule has 4 N–H and O–H groups in total. The Bertz CT molecular complexity index is 466. The highest BCUT2D eigenvalue weighted by Crippen LogP contribution is 2.10. The van der Waals surface area contributed by atoms with Crippen LogP contribution in [0.5, 0.6) is 5.75 Å². The van der Waals surface area contributed by atoms with Crippen LogP contribution in [0.25, 0.3) is 0 Å². The fourth-order valence-corrected chi connectivity index (χ4v) is 1.52. The van der Waals surface area contributed by atoms with Gasteiger partial charge in [-0.3, -0.25) is 9.79 Å². The van der Waals surface area contributed by atoms with Gasteiger partial charge in [-0.05, 0) is 24.3 Å². The molecule has 0 radical (unpaired) electrons. The fourth-order valence-electron chi connectivity index (χ4n) is 1.52. The summed E-state index contributed by atoms with van der Waals surface area (Å²) < 4.78 is 9.89. The van der Waals surface area contributed by atoms with E-state index in [1.54, 1.807) is 38.5 Å². The molecule has 1 rings (SSSR count). The van der Waals surface area contributed by atoms with Gasteiger partial charge in [-0.1, -0.05) is 0 Å². The number of ether oxygens (including phenoxy) is 2. The van der Waals surface area contributed by atoms with Crippen molar-refractivity contribution in [2.45, 2.75) is 0 Å². The Morgan fingerprint density at radius 2 is 1.82 bits per heavy atom. The topological polar surface area (TPSA) is 98.0 Å². The number of hydrogen-bond donors (Lipinski definition) is 3. The van der Waals surface area contributed by atoms with Crippen molar-refractivity contribution in [2.75, 3.05) is 40.5 Å². The molecule has 22 heavy (non-hydrogen) atoms. The monoisotopic (exact) mass is 422 g/mol. The van der Waals surface area contributed by atoms with Gasteiger partial charge in [0.2, 0.25) is 0 Å². The van der Waals surface area contributed by atoms with E-state index < -0.39 is 0 Å². The summed E-state index contributed by atoms with van der Waals surface area (Å²) in [5.74, 6) is 0.911. The van der Waals surface area contributed by atoms with E-state index in [0.717, 1.165) is 0 Å². The molecule has 0 aliphatic heterocycles. The first-order valence-electron chi connectivity index (χ1n) is 6.62. The van der Waals surface area contributed by atoms with Crippen molar-refractivity contribution in [3.63, 3.8) is 0 Å². The van der Waals surface area contributed by atoms with Gasteiger partial charge < -0.3 is 25.8 Å². The van der Waals surface area contributed by atoms with Crippen LogP contribution >= 0.6 is 24.0 Å². The zero-order valence-electron chi connectivity index (χ0n) is 12.8. The third-order valence-corrected chi connectivity index (χ3v) is 2.65. The molecule has 8 heteroatoms. The molecule has 0 saturated heterocycles. The van der Waals surface area contributed by atoms with Gasteiger partial charge in [0.25, 0.3) is 5.91 Å². The molecule has 0 bridgehead atoms. The van der Waals surface area contributed by atoms with Crippen molar-refractivity contribution in [2.24, 2.45) is 10.7 Å². The zero-order valence-corrected chi connectivity index (χ0v) is 15.1. The first-order chi connectivity index (χ1) is 10.2. The molecule has 0 aromatic heterocycles. The number of benzene rings is 1. The Balaban J connectivity index is 0.00000441. The lowest BCUT2D eigenvalue weighted by Crippen LogP contribution is -2.38. The van der Waals surface area contributed by atoms with Gasteiger partial charge in [0.1, 0.15) is 5.75 Å². The molecule has 7 nitrogen and oxygen atoms in total. The van der Waals surface area contributed by atoms with E-state index in [1.165, 1.54) is 0 Å². The number of rotatable bonds is 8.